The predicted octanol–water partition coefficient (Wildman–Crippen LogP) is 4.26. The molecule has 4 N–H and O–H groups in total. The van der Waals surface area contributed by atoms with Crippen LogP contribution in [0.1, 0.15) is 5.56 Å². The lowest BCUT2D eigenvalue weighted by Gasteiger charge is -2.14. The number of amides is 1. The quantitative estimate of drug-likeness (QED) is 0.508. The standard InChI is InChI=1S/C18H17Cl2N5O/c1-3-18(26)24-11-4-5-16(12(8-11)15(21)6-7-22-2)25-17-9-13(19)14(20)10-23-17/h3-10H,1,21H2,2H3,(H,23,25)(H,24,26). The number of anilines is 3. The van der Waals surface area contributed by atoms with Gasteiger partial charge in [-0.25, -0.2) is 4.98 Å². The summed E-state index contributed by atoms with van der Waals surface area (Å²) in [5, 5.41) is 6.57. The van der Waals surface area contributed by atoms with Crippen molar-refractivity contribution in [1.29, 1.82) is 0 Å². The van der Waals surface area contributed by atoms with E-state index in [0.29, 0.717) is 38.5 Å². The van der Waals surface area contributed by atoms with Crippen molar-refractivity contribution in [3.63, 3.8) is 0 Å². The number of hydrogen-bond donors (Lipinski definition) is 3. The van der Waals surface area contributed by atoms with Crippen LogP contribution >= 0.6 is 23.2 Å². The maximum atomic E-state index is 11.5. The van der Waals surface area contributed by atoms with Crippen LogP contribution in [0.5, 0.6) is 0 Å². The second-order valence-corrected chi connectivity index (χ2v) is 5.91. The number of aliphatic imine (C=N–C) groups is 1. The van der Waals surface area contributed by atoms with Crippen molar-refractivity contribution >= 4 is 58.2 Å². The molecule has 134 valence electrons. The molecule has 0 spiro atoms. The Hall–Kier alpha value is -2.83. The van der Waals surface area contributed by atoms with Gasteiger partial charge < -0.3 is 16.4 Å². The number of nitrogens with two attached hydrogens (primary N) is 1. The van der Waals surface area contributed by atoms with Gasteiger partial charge in [0, 0.05) is 48.2 Å². The fraction of sp³-hybridized carbons (Fsp3) is 0.0556. The Bertz CT molecular complexity index is 893. The molecule has 2 rings (SSSR count). The molecule has 26 heavy (non-hydrogen) atoms. The summed E-state index contributed by atoms with van der Waals surface area (Å²) in [5.41, 5.74) is 8.50. The van der Waals surface area contributed by atoms with Gasteiger partial charge in [0.1, 0.15) is 5.82 Å². The van der Waals surface area contributed by atoms with Gasteiger partial charge in [-0.1, -0.05) is 29.8 Å². The predicted molar refractivity (Wildman–Crippen MR) is 109 cm³/mol. The van der Waals surface area contributed by atoms with Gasteiger partial charge in [0.15, 0.2) is 0 Å². The topological polar surface area (TPSA) is 92.4 Å². The molecule has 0 fully saturated rings. The molecule has 0 aliphatic carbocycles. The number of rotatable bonds is 6. The van der Waals surface area contributed by atoms with E-state index in [-0.39, 0.29) is 5.91 Å². The lowest BCUT2D eigenvalue weighted by Crippen LogP contribution is -2.09. The van der Waals surface area contributed by atoms with Gasteiger partial charge in [-0.2, -0.15) is 0 Å². The zero-order chi connectivity index (χ0) is 19.1. The van der Waals surface area contributed by atoms with Crippen molar-refractivity contribution in [3.05, 3.63) is 64.8 Å². The summed E-state index contributed by atoms with van der Waals surface area (Å²) >= 11 is 11.9. The zero-order valence-corrected chi connectivity index (χ0v) is 15.5. The van der Waals surface area contributed by atoms with Crippen LogP contribution in [0.4, 0.5) is 17.2 Å². The number of pyridine rings is 1. The molecule has 0 atom stereocenters. The van der Waals surface area contributed by atoms with Crippen LogP contribution in [0, 0.1) is 0 Å². The number of nitrogens with one attached hydrogen (secondary N) is 2. The second kappa shape index (κ2) is 9.03. The molecule has 0 bridgehead atoms. The fourth-order valence-electron chi connectivity index (χ4n) is 2.03. The number of nitrogens with zero attached hydrogens (tertiary/aromatic N) is 2. The van der Waals surface area contributed by atoms with E-state index in [9.17, 15) is 4.79 Å². The Morgan fingerprint density at radius 1 is 1.31 bits per heavy atom. The van der Waals surface area contributed by atoms with Crippen LogP contribution in [-0.2, 0) is 4.79 Å². The first kappa shape index (κ1) is 19.5. The van der Waals surface area contributed by atoms with Crippen LogP contribution in [-0.4, -0.2) is 24.2 Å². The van der Waals surface area contributed by atoms with Crippen LogP contribution in [0.2, 0.25) is 10.0 Å². The summed E-state index contributed by atoms with van der Waals surface area (Å²) in [7, 11) is 1.64. The minimum absolute atomic E-state index is 0.319. The lowest BCUT2D eigenvalue weighted by molar-refractivity contribution is -0.111. The van der Waals surface area contributed by atoms with Crippen molar-refractivity contribution in [3.8, 4) is 0 Å². The smallest absolute Gasteiger partial charge is 0.247 e. The zero-order valence-electron chi connectivity index (χ0n) is 14.0. The molecule has 0 saturated carbocycles. The van der Waals surface area contributed by atoms with Gasteiger partial charge in [-0.05, 0) is 30.4 Å². The van der Waals surface area contributed by atoms with Crippen LogP contribution in [0.25, 0.3) is 5.70 Å². The van der Waals surface area contributed by atoms with Gasteiger partial charge in [0.25, 0.3) is 0 Å². The Balaban J connectivity index is 2.44. The molecular formula is C18H17Cl2N5O. The summed E-state index contributed by atoms with van der Waals surface area (Å²) in [6.07, 6.45) is 5.87. The molecule has 0 unspecified atom stereocenters. The number of hydrogen-bond acceptors (Lipinski definition) is 5. The minimum Gasteiger partial charge on any atom is -0.398 e. The molecule has 1 aromatic carbocycles. The van der Waals surface area contributed by atoms with Crippen molar-refractivity contribution in [2.45, 2.75) is 0 Å². The largest absolute Gasteiger partial charge is 0.398 e. The van der Waals surface area contributed by atoms with Crippen molar-refractivity contribution < 1.29 is 4.79 Å². The van der Waals surface area contributed by atoms with E-state index >= 15 is 0 Å². The van der Waals surface area contributed by atoms with E-state index in [1.807, 2.05) is 0 Å². The van der Waals surface area contributed by atoms with E-state index in [4.69, 9.17) is 28.9 Å². The summed E-state index contributed by atoms with van der Waals surface area (Å²) in [4.78, 5) is 19.6. The van der Waals surface area contributed by atoms with Gasteiger partial charge in [0.05, 0.1) is 10.0 Å². The van der Waals surface area contributed by atoms with Gasteiger partial charge >= 0.3 is 0 Å². The van der Waals surface area contributed by atoms with Crippen molar-refractivity contribution in [2.75, 3.05) is 17.7 Å². The van der Waals surface area contributed by atoms with Gasteiger partial charge in [-0.15, -0.1) is 0 Å². The molecule has 0 aliphatic rings. The first-order chi connectivity index (χ1) is 12.4. The third kappa shape index (κ3) is 5.08. The normalized spacial score (nSPS) is 11.4. The molecule has 1 amide bonds. The first-order valence-corrected chi connectivity index (χ1v) is 8.24. The first-order valence-electron chi connectivity index (χ1n) is 7.48. The second-order valence-electron chi connectivity index (χ2n) is 5.09. The Kier molecular flexibility index (Phi) is 6.77. The molecule has 0 saturated heterocycles. The summed E-state index contributed by atoms with van der Waals surface area (Å²) in [6, 6.07) is 6.83. The fourth-order valence-corrected chi connectivity index (χ4v) is 2.28. The average Bonchev–Trinajstić information content (AvgIpc) is 2.63. The number of halogens is 2. The van der Waals surface area contributed by atoms with Gasteiger partial charge in [-0.3, -0.25) is 9.79 Å². The minimum atomic E-state index is -0.319. The van der Waals surface area contributed by atoms with Crippen LogP contribution in [0.3, 0.4) is 0 Å². The summed E-state index contributed by atoms with van der Waals surface area (Å²) < 4.78 is 0. The van der Waals surface area contributed by atoms with E-state index in [2.05, 4.69) is 27.2 Å². The van der Waals surface area contributed by atoms with Crippen LogP contribution in [0.15, 0.2) is 54.2 Å². The molecule has 0 radical (unpaired) electrons. The van der Waals surface area contributed by atoms with E-state index < -0.39 is 0 Å². The number of allylic oxidation sites excluding steroid dienone is 1. The number of benzene rings is 1. The molecule has 8 heteroatoms. The van der Waals surface area contributed by atoms with Gasteiger partial charge in [0.2, 0.25) is 5.91 Å². The maximum Gasteiger partial charge on any atom is 0.247 e. The molecule has 6 nitrogen and oxygen atoms in total. The van der Waals surface area contributed by atoms with E-state index in [1.165, 1.54) is 12.3 Å². The Morgan fingerprint density at radius 3 is 2.73 bits per heavy atom. The van der Waals surface area contributed by atoms with Crippen molar-refractivity contribution in [1.82, 2.24) is 4.98 Å². The Morgan fingerprint density at radius 2 is 2.08 bits per heavy atom. The van der Waals surface area contributed by atoms with E-state index in [0.717, 1.165) is 0 Å². The third-order valence-electron chi connectivity index (χ3n) is 3.26. The number of aromatic nitrogens is 1. The maximum absolute atomic E-state index is 11.5. The highest BCUT2D eigenvalue weighted by atomic mass is 35.5. The monoisotopic (exact) mass is 389 g/mol. The SMILES string of the molecule is C=CC(=O)Nc1ccc(Nc2cc(Cl)c(Cl)cn2)c(C(N)=CC=NC)c1. The lowest BCUT2D eigenvalue weighted by atomic mass is 10.1. The molecule has 0 aliphatic heterocycles. The van der Waals surface area contributed by atoms with E-state index in [1.54, 1.807) is 43.6 Å². The van der Waals surface area contributed by atoms with Crippen molar-refractivity contribution in [2.24, 2.45) is 10.7 Å². The number of carbonyl (C=O) groups is 1. The third-order valence-corrected chi connectivity index (χ3v) is 3.97. The summed E-state index contributed by atoms with van der Waals surface area (Å²) in [6.45, 7) is 3.43. The summed E-state index contributed by atoms with van der Waals surface area (Å²) in [5.74, 6) is 0.181. The average molecular weight is 390 g/mol. The van der Waals surface area contributed by atoms with Crippen LogP contribution < -0.4 is 16.4 Å². The highest BCUT2D eigenvalue weighted by Crippen LogP contribution is 2.29. The molecule has 2 aromatic rings. The number of carbonyl (C=O) groups excluding carboxylic acids is 1. The highest BCUT2D eigenvalue weighted by Gasteiger charge is 2.10. The highest BCUT2D eigenvalue weighted by molar-refractivity contribution is 6.42. The molecule has 1 heterocycles. The molecular weight excluding hydrogens is 373 g/mol. The Labute approximate surface area is 161 Å². The molecule has 1 aromatic heterocycles.